The molecule has 0 saturated carbocycles. The number of amides is 1. The number of hydrogen-bond acceptors (Lipinski definition) is 3. The molecule has 1 aromatic heterocycles. The van der Waals surface area contributed by atoms with Gasteiger partial charge in [0.05, 0.1) is 5.52 Å². The molecule has 1 aromatic carbocycles. The minimum atomic E-state index is -0.0275. The fourth-order valence-electron chi connectivity index (χ4n) is 2.95. The molecule has 2 N–H and O–H groups in total. The molecule has 1 amide bonds. The van der Waals surface area contributed by atoms with Gasteiger partial charge in [0, 0.05) is 23.0 Å². The average molecular weight is 304 g/mol. The van der Waals surface area contributed by atoms with Crippen molar-refractivity contribution in [1.82, 2.24) is 9.88 Å². The first-order valence-electron chi connectivity index (χ1n) is 7.16. The Hall–Kier alpha value is -1.65. The fourth-order valence-corrected chi connectivity index (χ4v) is 3.12. The molecule has 110 valence electrons. The number of nitrogens with two attached hydrogens (primary N) is 1. The first-order valence-corrected chi connectivity index (χ1v) is 7.53. The zero-order valence-electron chi connectivity index (χ0n) is 11.9. The van der Waals surface area contributed by atoms with E-state index in [0.29, 0.717) is 29.7 Å². The van der Waals surface area contributed by atoms with Gasteiger partial charge in [-0.05, 0) is 44.0 Å². The van der Waals surface area contributed by atoms with Crippen molar-refractivity contribution in [3.63, 3.8) is 0 Å². The molecular formula is C16H18ClN3O. The smallest absolute Gasteiger partial charge is 0.272 e. The van der Waals surface area contributed by atoms with Crippen LogP contribution >= 0.6 is 11.6 Å². The van der Waals surface area contributed by atoms with Crippen LogP contribution in [0.15, 0.2) is 30.3 Å². The zero-order valence-corrected chi connectivity index (χ0v) is 12.7. The van der Waals surface area contributed by atoms with E-state index in [0.717, 1.165) is 17.3 Å². The number of hydrogen-bond donors (Lipinski definition) is 1. The lowest BCUT2D eigenvalue weighted by molar-refractivity contribution is 0.0738. The van der Waals surface area contributed by atoms with E-state index in [2.05, 4.69) is 11.9 Å². The maximum atomic E-state index is 12.6. The highest BCUT2D eigenvalue weighted by atomic mass is 35.5. The number of pyridine rings is 1. The van der Waals surface area contributed by atoms with Gasteiger partial charge in [-0.25, -0.2) is 4.98 Å². The third-order valence-corrected chi connectivity index (χ3v) is 4.36. The predicted molar refractivity (Wildman–Crippen MR) is 84.4 cm³/mol. The molecule has 3 rings (SSSR count). The molecule has 21 heavy (non-hydrogen) atoms. The number of halogens is 1. The summed E-state index contributed by atoms with van der Waals surface area (Å²) in [5.41, 5.74) is 6.93. The van der Waals surface area contributed by atoms with Crippen molar-refractivity contribution in [3.05, 3.63) is 41.0 Å². The number of rotatable bonds is 2. The Morgan fingerprint density at radius 3 is 2.90 bits per heavy atom. The number of benzene rings is 1. The molecule has 1 saturated heterocycles. The van der Waals surface area contributed by atoms with Crippen LogP contribution in [0.1, 0.15) is 23.8 Å². The third-order valence-electron chi connectivity index (χ3n) is 4.13. The maximum absolute atomic E-state index is 12.6. The van der Waals surface area contributed by atoms with Crippen LogP contribution in [0.5, 0.6) is 0 Å². The third kappa shape index (κ3) is 2.74. The summed E-state index contributed by atoms with van der Waals surface area (Å²) in [7, 11) is 0. The van der Waals surface area contributed by atoms with Crippen LogP contribution < -0.4 is 5.73 Å². The molecule has 1 fully saturated rings. The number of aromatic nitrogens is 1. The topological polar surface area (TPSA) is 59.2 Å². The van der Waals surface area contributed by atoms with Crippen LogP contribution in [0.3, 0.4) is 0 Å². The minimum Gasteiger partial charge on any atom is -0.334 e. The van der Waals surface area contributed by atoms with E-state index in [9.17, 15) is 4.79 Å². The van der Waals surface area contributed by atoms with Gasteiger partial charge in [-0.15, -0.1) is 0 Å². The summed E-state index contributed by atoms with van der Waals surface area (Å²) in [6.45, 7) is 3.39. The van der Waals surface area contributed by atoms with E-state index in [1.54, 1.807) is 12.1 Å². The highest BCUT2D eigenvalue weighted by Crippen LogP contribution is 2.25. The Balaban J connectivity index is 1.91. The lowest BCUT2D eigenvalue weighted by Crippen LogP contribution is -2.34. The van der Waals surface area contributed by atoms with Crippen LogP contribution in [-0.4, -0.2) is 34.9 Å². The van der Waals surface area contributed by atoms with Gasteiger partial charge >= 0.3 is 0 Å². The summed E-state index contributed by atoms with van der Waals surface area (Å²) in [4.78, 5) is 19.0. The second kappa shape index (κ2) is 5.62. The van der Waals surface area contributed by atoms with E-state index >= 15 is 0 Å². The molecule has 0 radical (unpaired) electrons. The summed E-state index contributed by atoms with van der Waals surface area (Å²) >= 11 is 5.99. The van der Waals surface area contributed by atoms with Gasteiger partial charge in [0.2, 0.25) is 0 Å². The van der Waals surface area contributed by atoms with Crippen molar-refractivity contribution in [2.45, 2.75) is 19.4 Å². The average Bonchev–Trinajstić information content (AvgIpc) is 2.87. The summed E-state index contributed by atoms with van der Waals surface area (Å²) in [5.74, 6) is 0.360. The van der Waals surface area contributed by atoms with Crippen LogP contribution in [0.2, 0.25) is 5.02 Å². The van der Waals surface area contributed by atoms with E-state index in [4.69, 9.17) is 17.3 Å². The summed E-state index contributed by atoms with van der Waals surface area (Å²) < 4.78 is 0. The molecule has 2 unspecified atom stereocenters. The lowest BCUT2D eigenvalue weighted by atomic mass is 10.1. The van der Waals surface area contributed by atoms with Gasteiger partial charge in [0.15, 0.2) is 0 Å². The Bertz CT molecular complexity index is 688. The van der Waals surface area contributed by atoms with Gasteiger partial charge in [-0.3, -0.25) is 4.79 Å². The Kier molecular flexibility index (Phi) is 3.83. The van der Waals surface area contributed by atoms with E-state index in [1.165, 1.54) is 0 Å². The molecule has 0 spiro atoms. The SMILES string of the molecule is CC1CC(CN)CN1C(=O)c1ccc2ccc(Cl)cc2n1. The minimum absolute atomic E-state index is 0.0275. The van der Waals surface area contributed by atoms with Crippen molar-refractivity contribution in [2.24, 2.45) is 11.7 Å². The lowest BCUT2D eigenvalue weighted by Gasteiger charge is -2.21. The molecule has 2 aromatic rings. The van der Waals surface area contributed by atoms with Gasteiger partial charge in [-0.1, -0.05) is 23.7 Å². The maximum Gasteiger partial charge on any atom is 0.272 e. The van der Waals surface area contributed by atoms with Crippen LogP contribution in [-0.2, 0) is 0 Å². The number of fused-ring (bicyclic) bond motifs is 1. The highest BCUT2D eigenvalue weighted by Gasteiger charge is 2.32. The fraction of sp³-hybridized carbons (Fsp3) is 0.375. The molecule has 5 heteroatoms. The predicted octanol–water partition coefficient (Wildman–Crippen LogP) is 2.70. The van der Waals surface area contributed by atoms with Crippen molar-refractivity contribution >= 4 is 28.4 Å². The van der Waals surface area contributed by atoms with Crippen LogP contribution in [0.25, 0.3) is 10.9 Å². The first-order chi connectivity index (χ1) is 10.1. The van der Waals surface area contributed by atoms with Gasteiger partial charge in [0.1, 0.15) is 5.69 Å². The summed E-state index contributed by atoms with van der Waals surface area (Å²) in [6.07, 6.45) is 0.960. The molecule has 0 aliphatic carbocycles. The van der Waals surface area contributed by atoms with E-state index in [1.807, 2.05) is 23.1 Å². The van der Waals surface area contributed by atoms with E-state index in [-0.39, 0.29) is 11.9 Å². The normalized spacial score (nSPS) is 22.0. The quantitative estimate of drug-likeness (QED) is 0.928. The van der Waals surface area contributed by atoms with Crippen LogP contribution in [0, 0.1) is 5.92 Å². The van der Waals surface area contributed by atoms with Crippen molar-refractivity contribution < 1.29 is 4.79 Å². The number of likely N-dealkylation sites (tertiary alicyclic amines) is 1. The van der Waals surface area contributed by atoms with Crippen molar-refractivity contribution in [3.8, 4) is 0 Å². The highest BCUT2D eigenvalue weighted by molar-refractivity contribution is 6.31. The second-order valence-electron chi connectivity index (χ2n) is 5.68. The second-order valence-corrected chi connectivity index (χ2v) is 6.11. The Morgan fingerprint density at radius 2 is 2.19 bits per heavy atom. The molecule has 2 heterocycles. The largest absolute Gasteiger partial charge is 0.334 e. The molecule has 1 aliphatic rings. The Morgan fingerprint density at radius 1 is 1.43 bits per heavy atom. The van der Waals surface area contributed by atoms with Crippen molar-refractivity contribution in [1.29, 1.82) is 0 Å². The zero-order chi connectivity index (χ0) is 15.0. The first kappa shape index (κ1) is 14.3. The molecule has 1 aliphatic heterocycles. The van der Waals surface area contributed by atoms with Gasteiger partial charge in [0.25, 0.3) is 5.91 Å². The molecule has 4 nitrogen and oxygen atoms in total. The number of carbonyl (C=O) groups excluding carboxylic acids is 1. The van der Waals surface area contributed by atoms with E-state index < -0.39 is 0 Å². The molecular weight excluding hydrogens is 286 g/mol. The summed E-state index contributed by atoms with van der Waals surface area (Å²) in [6, 6.07) is 9.41. The molecule has 2 atom stereocenters. The summed E-state index contributed by atoms with van der Waals surface area (Å²) in [5, 5.41) is 1.60. The number of carbonyl (C=O) groups is 1. The standard InChI is InChI=1S/C16H18ClN3O/c1-10-6-11(8-18)9-20(10)16(21)14-5-3-12-2-4-13(17)7-15(12)19-14/h2-5,7,10-11H,6,8-9,18H2,1H3. The van der Waals surface area contributed by atoms with Crippen LogP contribution in [0.4, 0.5) is 0 Å². The monoisotopic (exact) mass is 303 g/mol. The Labute approximate surface area is 128 Å². The molecule has 0 bridgehead atoms. The number of nitrogens with zero attached hydrogens (tertiary/aromatic N) is 2. The van der Waals surface area contributed by atoms with Gasteiger partial charge < -0.3 is 10.6 Å². The van der Waals surface area contributed by atoms with Crippen molar-refractivity contribution in [2.75, 3.05) is 13.1 Å². The van der Waals surface area contributed by atoms with Gasteiger partial charge in [-0.2, -0.15) is 0 Å².